The Kier molecular flexibility index (Phi) is 4.47. The van der Waals surface area contributed by atoms with Gasteiger partial charge in [0.25, 0.3) is 11.5 Å². The van der Waals surface area contributed by atoms with Gasteiger partial charge in [-0.15, -0.1) is 0 Å². The smallest absolute Gasteiger partial charge is 0.276 e. The molecule has 0 bridgehead atoms. The molecule has 0 spiro atoms. The Labute approximate surface area is 156 Å². The van der Waals surface area contributed by atoms with Gasteiger partial charge in [-0.25, -0.2) is 14.5 Å². The Bertz CT molecular complexity index is 1040. The van der Waals surface area contributed by atoms with Gasteiger partial charge in [0.2, 0.25) is 0 Å². The van der Waals surface area contributed by atoms with Crippen LogP contribution in [0.25, 0.3) is 5.65 Å². The molecule has 3 aromatic rings. The highest BCUT2D eigenvalue weighted by Gasteiger charge is 2.27. The number of rotatable bonds is 3. The lowest BCUT2D eigenvalue weighted by Crippen LogP contribution is -2.39. The maximum atomic E-state index is 12.7. The number of nitrogens with zero attached hydrogens (tertiary/aromatic N) is 5. The molecule has 27 heavy (non-hydrogen) atoms. The van der Waals surface area contributed by atoms with Gasteiger partial charge in [-0.1, -0.05) is 6.92 Å². The van der Waals surface area contributed by atoms with Gasteiger partial charge in [-0.3, -0.25) is 19.7 Å². The molecule has 8 nitrogen and oxygen atoms in total. The summed E-state index contributed by atoms with van der Waals surface area (Å²) in [6.07, 6.45) is 7.07. The minimum atomic E-state index is -0.108. The van der Waals surface area contributed by atoms with Gasteiger partial charge < -0.3 is 4.90 Å². The molecule has 1 aliphatic rings. The highest BCUT2D eigenvalue weighted by Crippen LogP contribution is 2.27. The lowest BCUT2D eigenvalue weighted by molar-refractivity contribution is 0.0699. The first kappa shape index (κ1) is 17.4. The second-order valence-electron chi connectivity index (χ2n) is 6.92. The van der Waals surface area contributed by atoms with Crippen LogP contribution in [0.2, 0.25) is 0 Å². The van der Waals surface area contributed by atoms with Crippen molar-refractivity contribution in [1.29, 1.82) is 0 Å². The molecule has 0 unspecified atom stereocenters. The summed E-state index contributed by atoms with van der Waals surface area (Å²) >= 11 is 0. The second-order valence-corrected chi connectivity index (χ2v) is 6.92. The Balaban J connectivity index is 1.63. The van der Waals surface area contributed by atoms with Crippen LogP contribution in [0.15, 0.2) is 29.5 Å². The van der Waals surface area contributed by atoms with E-state index >= 15 is 0 Å². The predicted octanol–water partition coefficient (Wildman–Crippen LogP) is 1.70. The van der Waals surface area contributed by atoms with Crippen LogP contribution in [-0.2, 0) is 6.42 Å². The quantitative estimate of drug-likeness (QED) is 0.761. The number of aromatic amines is 1. The van der Waals surface area contributed by atoms with Gasteiger partial charge in [0.1, 0.15) is 5.69 Å². The summed E-state index contributed by atoms with van der Waals surface area (Å²) in [5, 5.41) is 3.21. The van der Waals surface area contributed by atoms with Crippen LogP contribution in [0.3, 0.4) is 0 Å². The van der Waals surface area contributed by atoms with E-state index in [1.54, 1.807) is 6.20 Å². The SMILES string of the molecule is CCc1c(C)nc2cc([C@@H]3CCCN(C(=O)c4cnccn4)C3)[nH]n2c1=O. The number of fused-ring (bicyclic) bond motifs is 1. The van der Waals surface area contributed by atoms with Gasteiger partial charge in [0, 0.05) is 54.4 Å². The first-order valence-electron chi connectivity index (χ1n) is 9.25. The molecule has 140 valence electrons. The van der Waals surface area contributed by atoms with Crippen LogP contribution in [0.5, 0.6) is 0 Å². The second kappa shape index (κ2) is 6.94. The molecule has 1 aliphatic heterocycles. The van der Waals surface area contributed by atoms with E-state index in [-0.39, 0.29) is 17.4 Å². The van der Waals surface area contributed by atoms with Crippen LogP contribution < -0.4 is 5.56 Å². The summed E-state index contributed by atoms with van der Waals surface area (Å²) in [4.78, 5) is 39.8. The molecule has 1 fully saturated rings. The number of carbonyl (C=O) groups excluding carboxylic acids is 1. The van der Waals surface area contributed by atoms with Gasteiger partial charge in [-0.05, 0) is 26.2 Å². The lowest BCUT2D eigenvalue weighted by atomic mass is 9.94. The fourth-order valence-electron chi connectivity index (χ4n) is 3.79. The van der Waals surface area contributed by atoms with Crippen molar-refractivity contribution < 1.29 is 4.79 Å². The third-order valence-corrected chi connectivity index (χ3v) is 5.22. The van der Waals surface area contributed by atoms with Crippen molar-refractivity contribution in [1.82, 2.24) is 29.5 Å². The first-order chi connectivity index (χ1) is 13.1. The van der Waals surface area contributed by atoms with Crippen LogP contribution in [0.4, 0.5) is 0 Å². The predicted molar refractivity (Wildman–Crippen MR) is 99.8 cm³/mol. The Hall–Kier alpha value is -3.03. The molecule has 1 N–H and O–H groups in total. The summed E-state index contributed by atoms with van der Waals surface area (Å²) in [5.74, 6) is 0.0224. The average molecular weight is 366 g/mol. The fraction of sp³-hybridized carbons (Fsp3) is 0.421. The molecule has 0 radical (unpaired) electrons. The highest BCUT2D eigenvalue weighted by molar-refractivity contribution is 5.92. The number of amides is 1. The number of carbonyl (C=O) groups is 1. The van der Waals surface area contributed by atoms with E-state index in [1.165, 1.54) is 16.9 Å². The van der Waals surface area contributed by atoms with Gasteiger partial charge in [0.05, 0.1) is 6.20 Å². The van der Waals surface area contributed by atoms with E-state index in [1.807, 2.05) is 24.8 Å². The average Bonchev–Trinajstić information content (AvgIpc) is 3.13. The molecule has 1 saturated heterocycles. The van der Waals surface area contributed by atoms with Crippen molar-refractivity contribution >= 4 is 11.6 Å². The van der Waals surface area contributed by atoms with Gasteiger partial charge in [-0.2, -0.15) is 0 Å². The van der Waals surface area contributed by atoms with E-state index in [0.29, 0.717) is 30.9 Å². The van der Waals surface area contributed by atoms with E-state index in [9.17, 15) is 9.59 Å². The number of piperidine rings is 1. The monoisotopic (exact) mass is 366 g/mol. The number of hydrogen-bond donors (Lipinski definition) is 1. The summed E-state index contributed by atoms with van der Waals surface area (Å²) in [7, 11) is 0. The van der Waals surface area contributed by atoms with Crippen molar-refractivity contribution in [3.63, 3.8) is 0 Å². The van der Waals surface area contributed by atoms with Crippen LogP contribution in [0.1, 0.15) is 53.1 Å². The van der Waals surface area contributed by atoms with Gasteiger partial charge >= 0.3 is 0 Å². The van der Waals surface area contributed by atoms with Crippen molar-refractivity contribution in [3.8, 4) is 0 Å². The zero-order valence-electron chi connectivity index (χ0n) is 15.5. The number of nitrogens with one attached hydrogen (secondary N) is 1. The van der Waals surface area contributed by atoms with Crippen LogP contribution >= 0.6 is 0 Å². The first-order valence-corrected chi connectivity index (χ1v) is 9.25. The normalized spacial score (nSPS) is 17.4. The van der Waals surface area contributed by atoms with Crippen LogP contribution in [0, 0.1) is 6.92 Å². The van der Waals surface area contributed by atoms with Crippen LogP contribution in [-0.4, -0.2) is 48.5 Å². The molecule has 0 saturated carbocycles. The molecule has 4 heterocycles. The maximum absolute atomic E-state index is 12.7. The standard InChI is InChI=1S/C19H22N6O2/c1-3-14-12(2)22-17-9-15(23-25(17)18(14)26)13-5-4-8-24(11-13)19(27)16-10-20-6-7-21-16/h6-7,9-10,13,23H,3-5,8,11H2,1-2H3/t13-/m1/s1. The molecule has 3 aromatic heterocycles. The fourth-order valence-corrected chi connectivity index (χ4v) is 3.79. The topological polar surface area (TPSA) is 96.2 Å². The van der Waals surface area contributed by atoms with Crippen molar-refractivity contribution in [2.75, 3.05) is 13.1 Å². The number of hydrogen-bond acceptors (Lipinski definition) is 5. The Morgan fingerprint density at radius 2 is 2.22 bits per heavy atom. The highest BCUT2D eigenvalue weighted by atomic mass is 16.2. The van der Waals surface area contributed by atoms with Gasteiger partial charge in [0.15, 0.2) is 5.65 Å². The zero-order valence-corrected chi connectivity index (χ0v) is 15.5. The molecular formula is C19H22N6O2. The Morgan fingerprint density at radius 1 is 1.37 bits per heavy atom. The number of aryl methyl sites for hydroxylation is 1. The number of H-pyrrole nitrogens is 1. The summed E-state index contributed by atoms with van der Waals surface area (Å²) in [6, 6.07) is 1.93. The molecule has 1 amide bonds. The molecular weight excluding hydrogens is 344 g/mol. The van der Waals surface area contributed by atoms with E-state index in [4.69, 9.17) is 0 Å². The number of aromatic nitrogens is 5. The zero-order chi connectivity index (χ0) is 19.0. The third kappa shape index (κ3) is 3.11. The molecule has 8 heteroatoms. The van der Waals surface area contributed by atoms with Crippen molar-refractivity contribution in [2.24, 2.45) is 0 Å². The molecule has 0 aromatic carbocycles. The summed E-state index contributed by atoms with van der Waals surface area (Å²) < 4.78 is 1.52. The number of likely N-dealkylation sites (tertiary alicyclic amines) is 1. The van der Waals surface area contributed by atoms with E-state index in [2.05, 4.69) is 20.1 Å². The molecule has 4 rings (SSSR count). The largest absolute Gasteiger partial charge is 0.337 e. The van der Waals surface area contributed by atoms with Crippen molar-refractivity contribution in [3.05, 3.63) is 57.7 Å². The summed E-state index contributed by atoms with van der Waals surface area (Å²) in [5.41, 5.74) is 3.37. The molecule has 0 aliphatic carbocycles. The Morgan fingerprint density at radius 3 is 2.96 bits per heavy atom. The minimum absolute atomic E-state index is 0.0467. The minimum Gasteiger partial charge on any atom is -0.337 e. The molecule has 1 atom stereocenters. The van der Waals surface area contributed by atoms with Crippen molar-refractivity contribution in [2.45, 2.75) is 39.0 Å². The third-order valence-electron chi connectivity index (χ3n) is 5.22. The lowest BCUT2D eigenvalue weighted by Gasteiger charge is -2.31. The summed E-state index contributed by atoms with van der Waals surface area (Å²) in [6.45, 7) is 5.10. The van der Waals surface area contributed by atoms with E-state index in [0.717, 1.165) is 29.8 Å². The van der Waals surface area contributed by atoms with E-state index < -0.39 is 0 Å². The maximum Gasteiger partial charge on any atom is 0.276 e.